The van der Waals surface area contributed by atoms with E-state index in [2.05, 4.69) is 15.3 Å². The summed E-state index contributed by atoms with van der Waals surface area (Å²) >= 11 is 0. The molecule has 0 unspecified atom stereocenters. The molecule has 3 heterocycles. The standard InChI is InChI=1S/C23H18FN5O.ClH/c1-28-14-26-19-11-18(5-7-21(19)28)27-23(30)22-10-16-9-17(24)4-6-20(16)29(22)13-15-3-2-8-25-12-15;/h2-12,14H,13H2,1H3,(H,27,30);1H. The van der Waals surface area contributed by atoms with E-state index in [-0.39, 0.29) is 24.1 Å². The zero-order valence-electron chi connectivity index (χ0n) is 16.6. The summed E-state index contributed by atoms with van der Waals surface area (Å²) < 4.78 is 17.6. The lowest BCUT2D eigenvalue weighted by atomic mass is 10.2. The van der Waals surface area contributed by atoms with Crippen LogP contribution in [0.2, 0.25) is 0 Å². The van der Waals surface area contributed by atoms with Crippen LogP contribution < -0.4 is 5.32 Å². The second-order valence-corrected chi connectivity index (χ2v) is 7.19. The molecule has 0 saturated heterocycles. The van der Waals surface area contributed by atoms with Crippen molar-refractivity contribution in [3.63, 3.8) is 0 Å². The Labute approximate surface area is 183 Å². The van der Waals surface area contributed by atoms with Crippen LogP contribution in [0.25, 0.3) is 21.9 Å². The molecule has 0 saturated carbocycles. The highest BCUT2D eigenvalue weighted by Crippen LogP contribution is 2.24. The highest BCUT2D eigenvalue weighted by Gasteiger charge is 2.17. The van der Waals surface area contributed by atoms with E-state index in [4.69, 9.17) is 0 Å². The molecule has 0 aliphatic carbocycles. The third-order valence-electron chi connectivity index (χ3n) is 5.14. The van der Waals surface area contributed by atoms with E-state index >= 15 is 0 Å². The third kappa shape index (κ3) is 3.87. The quantitative estimate of drug-likeness (QED) is 0.441. The highest BCUT2D eigenvalue weighted by atomic mass is 35.5. The molecule has 0 radical (unpaired) electrons. The second-order valence-electron chi connectivity index (χ2n) is 7.19. The molecule has 1 amide bonds. The fourth-order valence-electron chi connectivity index (χ4n) is 3.68. The lowest BCUT2D eigenvalue weighted by Crippen LogP contribution is -2.17. The molecule has 0 atom stereocenters. The summed E-state index contributed by atoms with van der Waals surface area (Å²) in [5, 5.41) is 3.61. The Morgan fingerprint density at radius 2 is 1.94 bits per heavy atom. The van der Waals surface area contributed by atoms with Crippen LogP contribution in [0.3, 0.4) is 0 Å². The van der Waals surface area contributed by atoms with Gasteiger partial charge in [-0.15, -0.1) is 12.4 Å². The van der Waals surface area contributed by atoms with Crippen molar-refractivity contribution in [2.75, 3.05) is 5.32 Å². The molecule has 2 aromatic carbocycles. The normalized spacial score (nSPS) is 10.9. The van der Waals surface area contributed by atoms with E-state index in [1.165, 1.54) is 12.1 Å². The topological polar surface area (TPSA) is 64.7 Å². The van der Waals surface area contributed by atoms with Crippen LogP contribution in [0.5, 0.6) is 0 Å². The van der Waals surface area contributed by atoms with Gasteiger partial charge in [-0.1, -0.05) is 6.07 Å². The predicted octanol–water partition coefficient (Wildman–Crippen LogP) is 4.78. The molecule has 0 aliphatic heterocycles. The summed E-state index contributed by atoms with van der Waals surface area (Å²) in [6.07, 6.45) is 5.19. The van der Waals surface area contributed by atoms with Gasteiger partial charge in [-0.25, -0.2) is 9.37 Å². The van der Waals surface area contributed by atoms with E-state index in [0.717, 1.165) is 22.1 Å². The van der Waals surface area contributed by atoms with Crippen molar-refractivity contribution < 1.29 is 9.18 Å². The number of aryl methyl sites for hydroxylation is 1. The third-order valence-corrected chi connectivity index (χ3v) is 5.14. The molecule has 5 rings (SSSR count). The Morgan fingerprint density at radius 1 is 1.10 bits per heavy atom. The van der Waals surface area contributed by atoms with Crippen LogP contribution in [-0.2, 0) is 13.6 Å². The Morgan fingerprint density at radius 3 is 2.74 bits per heavy atom. The van der Waals surface area contributed by atoms with E-state index < -0.39 is 0 Å². The Kier molecular flexibility index (Phi) is 5.44. The Bertz CT molecular complexity index is 1390. The zero-order valence-corrected chi connectivity index (χ0v) is 17.4. The van der Waals surface area contributed by atoms with Gasteiger partial charge in [0.15, 0.2) is 0 Å². The van der Waals surface area contributed by atoms with Gasteiger partial charge in [0.2, 0.25) is 0 Å². The van der Waals surface area contributed by atoms with Crippen LogP contribution >= 0.6 is 12.4 Å². The average molecular weight is 436 g/mol. The molecular weight excluding hydrogens is 417 g/mol. The number of carbonyl (C=O) groups excluding carboxylic acids is 1. The van der Waals surface area contributed by atoms with Gasteiger partial charge in [0.1, 0.15) is 11.5 Å². The first kappa shape index (κ1) is 20.6. The zero-order chi connectivity index (χ0) is 20.7. The summed E-state index contributed by atoms with van der Waals surface area (Å²) in [6.45, 7) is 0.449. The number of rotatable bonds is 4. The average Bonchev–Trinajstić information content (AvgIpc) is 3.29. The molecule has 5 aromatic rings. The van der Waals surface area contributed by atoms with Crippen LogP contribution in [0.15, 0.2) is 73.3 Å². The van der Waals surface area contributed by atoms with Crippen molar-refractivity contribution in [1.82, 2.24) is 19.1 Å². The monoisotopic (exact) mass is 435 g/mol. The molecule has 3 aromatic heterocycles. The lowest BCUT2D eigenvalue weighted by Gasteiger charge is -2.11. The summed E-state index contributed by atoms with van der Waals surface area (Å²) in [4.78, 5) is 21.6. The first-order valence-corrected chi connectivity index (χ1v) is 9.48. The number of aromatic nitrogens is 4. The fraction of sp³-hybridized carbons (Fsp3) is 0.0870. The van der Waals surface area contributed by atoms with Gasteiger partial charge in [-0.05, 0) is 54.1 Å². The molecule has 0 bridgehead atoms. The number of imidazole rings is 1. The van der Waals surface area contributed by atoms with Gasteiger partial charge in [-0.2, -0.15) is 0 Å². The van der Waals surface area contributed by atoms with Gasteiger partial charge >= 0.3 is 0 Å². The Balaban J connectivity index is 0.00000231. The first-order chi connectivity index (χ1) is 14.6. The summed E-state index contributed by atoms with van der Waals surface area (Å²) in [5.41, 5.74) is 4.60. The van der Waals surface area contributed by atoms with Gasteiger partial charge in [0.25, 0.3) is 5.91 Å². The fourth-order valence-corrected chi connectivity index (χ4v) is 3.68. The number of carbonyl (C=O) groups is 1. The van der Waals surface area contributed by atoms with Crippen molar-refractivity contribution in [2.45, 2.75) is 6.54 Å². The maximum absolute atomic E-state index is 13.8. The van der Waals surface area contributed by atoms with Crippen molar-refractivity contribution >= 4 is 45.9 Å². The minimum atomic E-state index is -0.339. The van der Waals surface area contributed by atoms with Crippen LogP contribution in [0, 0.1) is 5.82 Å². The number of nitrogens with one attached hydrogen (secondary N) is 1. The summed E-state index contributed by atoms with van der Waals surface area (Å²) in [7, 11) is 1.92. The maximum atomic E-state index is 13.8. The number of hydrogen-bond acceptors (Lipinski definition) is 3. The lowest BCUT2D eigenvalue weighted by molar-refractivity contribution is 0.101. The SMILES string of the molecule is Cl.Cn1cnc2cc(NC(=O)c3cc4cc(F)ccc4n3Cc3cccnc3)ccc21. The summed E-state index contributed by atoms with van der Waals surface area (Å²) in [6, 6.07) is 15.6. The summed E-state index contributed by atoms with van der Waals surface area (Å²) in [5.74, 6) is -0.612. The van der Waals surface area contributed by atoms with Gasteiger partial charge in [0.05, 0.1) is 17.4 Å². The van der Waals surface area contributed by atoms with E-state index in [1.807, 2.05) is 46.5 Å². The van der Waals surface area contributed by atoms with Gasteiger partial charge < -0.3 is 14.5 Å². The van der Waals surface area contributed by atoms with E-state index in [0.29, 0.717) is 23.3 Å². The smallest absolute Gasteiger partial charge is 0.272 e. The number of benzene rings is 2. The molecule has 6 nitrogen and oxygen atoms in total. The van der Waals surface area contributed by atoms with Crippen LogP contribution in [0.4, 0.5) is 10.1 Å². The minimum absolute atomic E-state index is 0. The highest BCUT2D eigenvalue weighted by molar-refractivity contribution is 6.07. The number of pyridine rings is 1. The molecule has 1 N–H and O–H groups in total. The number of amides is 1. The number of anilines is 1. The molecule has 0 aliphatic rings. The number of fused-ring (bicyclic) bond motifs is 2. The second kappa shape index (κ2) is 8.20. The van der Waals surface area contributed by atoms with Crippen molar-refractivity contribution in [2.24, 2.45) is 7.05 Å². The maximum Gasteiger partial charge on any atom is 0.272 e. The molecule has 31 heavy (non-hydrogen) atoms. The predicted molar refractivity (Wildman–Crippen MR) is 121 cm³/mol. The minimum Gasteiger partial charge on any atom is -0.334 e. The largest absolute Gasteiger partial charge is 0.334 e. The number of hydrogen-bond donors (Lipinski definition) is 1. The van der Waals surface area contributed by atoms with Gasteiger partial charge in [0, 0.05) is 42.6 Å². The van der Waals surface area contributed by atoms with Crippen molar-refractivity contribution in [1.29, 1.82) is 0 Å². The van der Waals surface area contributed by atoms with E-state index in [9.17, 15) is 9.18 Å². The van der Waals surface area contributed by atoms with Crippen molar-refractivity contribution in [3.8, 4) is 0 Å². The van der Waals surface area contributed by atoms with Crippen LogP contribution in [0.1, 0.15) is 16.1 Å². The van der Waals surface area contributed by atoms with Crippen LogP contribution in [-0.4, -0.2) is 25.0 Å². The molecule has 156 valence electrons. The first-order valence-electron chi connectivity index (χ1n) is 9.48. The van der Waals surface area contributed by atoms with Crippen molar-refractivity contribution in [3.05, 3.63) is 90.4 Å². The number of halogens is 2. The molecule has 0 spiro atoms. The molecule has 0 fully saturated rings. The Hall–Kier alpha value is -3.71. The molecular formula is C23H19ClFN5O. The molecule has 8 heteroatoms. The van der Waals surface area contributed by atoms with Gasteiger partial charge in [-0.3, -0.25) is 9.78 Å². The number of nitrogens with zero attached hydrogens (tertiary/aromatic N) is 4. The van der Waals surface area contributed by atoms with E-state index in [1.54, 1.807) is 30.9 Å².